The molecular formula is C17H23N3O11. The third-order valence-electron chi connectivity index (χ3n) is 4.16. The number of esters is 4. The fourth-order valence-electron chi connectivity index (χ4n) is 3.10. The molecule has 2 aliphatic rings. The number of ether oxygens (including phenoxy) is 5. The van der Waals surface area contributed by atoms with E-state index in [1.807, 2.05) is 5.32 Å². The molecule has 4 amide bonds. The fraction of sp³-hybridized carbons (Fsp3) is 0.647. The van der Waals surface area contributed by atoms with Crippen molar-refractivity contribution < 1.29 is 52.5 Å². The maximum absolute atomic E-state index is 12.4. The zero-order valence-corrected chi connectivity index (χ0v) is 17.2. The third-order valence-corrected chi connectivity index (χ3v) is 4.16. The Labute approximate surface area is 176 Å². The first-order valence-corrected chi connectivity index (χ1v) is 9.15. The average molecular weight is 445 g/mol. The van der Waals surface area contributed by atoms with Crippen molar-refractivity contribution in [3.63, 3.8) is 0 Å². The lowest BCUT2D eigenvalue weighted by molar-refractivity contribution is -0.273. The summed E-state index contributed by atoms with van der Waals surface area (Å²) < 4.78 is 26.5. The minimum atomic E-state index is -1.44. The molecule has 0 aromatic heterocycles. The quantitative estimate of drug-likeness (QED) is 0.369. The second-order valence-corrected chi connectivity index (χ2v) is 6.65. The molecule has 2 aliphatic heterocycles. The summed E-state index contributed by atoms with van der Waals surface area (Å²) in [4.78, 5) is 71.2. The molecule has 14 heteroatoms. The van der Waals surface area contributed by atoms with Gasteiger partial charge in [-0.3, -0.25) is 29.4 Å². The van der Waals surface area contributed by atoms with Crippen LogP contribution in [0.1, 0.15) is 27.7 Å². The van der Waals surface area contributed by atoms with Gasteiger partial charge in [-0.2, -0.15) is 0 Å². The molecule has 0 unspecified atom stereocenters. The van der Waals surface area contributed by atoms with Crippen molar-refractivity contribution in [2.24, 2.45) is 0 Å². The van der Waals surface area contributed by atoms with Gasteiger partial charge in [-0.25, -0.2) is 9.59 Å². The van der Waals surface area contributed by atoms with Crippen LogP contribution in [0, 0.1) is 0 Å². The molecule has 0 saturated carbocycles. The Morgan fingerprint density at radius 1 is 0.903 bits per heavy atom. The van der Waals surface area contributed by atoms with E-state index in [1.165, 1.54) is 0 Å². The van der Waals surface area contributed by atoms with Gasteiger partial charge in [0.05, 0.1) is 6.67 Å². The van der Waals surface area contributed by atoms with Crippen LogP contribution >= 0.6 is 0 Å². The van der Waals surface area contributed by atoms with Crippen molar-refractivity contribution in [3.8, 4) is 0 Å². The highest BCUT2D eigenvalue weighted by atomic mass is 16.7. The van der Waals surface area contributed by atoms with E-state index < -0.39 is 73.2 Å². The number of amides is 4. The molecule has 5 atom stereocenters. The van der Waals surface area contributed by atoms with Crippen LogP contribution in [0.25, 0.3) is 0 Å². The van der Waals surface area contributed by atoms with Gasteiger partial charge >= 0.3 is 35.9 Å². The highest BCUT2D eigenvalue weighted by Crippen LogP contribution is 2.31. The summed E-state index contributed by atoms with van der Waals surface area (Å²) >= 11 is 0. The molecule has 0 aromatic rings. The van der Waals surface area contributed by atoms with Gasteiger partial charge in [0.1, 0.15) is 12.7 Å². The molecule has 2 fully saturated rings. The van der Waals surface area contributed by atoms with E-state index in [4.69, 9.17) is 23.7 Å². The van der Waals surface area contributed by atoms with Crippen molar-refractivity contribution >= 4 is 35.9 Å². The molecule has 0 aliphatic carbocycles. The Hall–Kier alpha value is -3.42. The number of carbonyl (C=O) groups excluding carboxylic acids is 6. The van der Waals surface area contributed by atoms with Gasteiger partial charge in [0.25, 0.3) is 0 Å². The summed E-state index contributed by atoms with van der Waals surface area (Å²) in [6, 6.07) is -1.64. The number of nitrogens with one attached hydrogen (secondary N) is 2. The molecular weight excluding hydrogens is 422 g/mol. The van der Waals surface area contributed by atoms with Crippen LogP contribution in [-0.2, 0) is 42.9 Å². The molecule has 2 rings (SSSR count). The summed E-state index contributed by atoms with van der Waals surface area (Å²) in [5.41, 5.74) is 0. The highest BCUT2D eigenvalue weighted by molar-refractivity contribution is 5.95. The Kier molecular flexibility index (Phi) is 7.74. The molecule has 14 nitrogen and oxygen atoms in total. The lowest BCUT2D eigenvalue weighted by Crippen LogP contribution is -2.70. The minimum absolute atomic E-state index is 0.335. The first-order valence-electron chi connectivity index (χ1n) is 9.15. The minimum Gasteiger partial charge on any atom is -0.463 e. The summed E-state index contributed by atoms with van der Waals surface area (Å²) in [6.07, 6.45) is -6.82. The molecule has 2 heterocycles. The highest BCUT2D eigenvalue weighted by Gasteiger charge is 2.55. The predicted octanol–water partition coefficient (Wildman–Crippen LogP) is -1.24. The number of rotatable bonds is 6. The zero-order chi connectivity index (χ0) is 23.3. The van der Waals surface area contributed by atoms with Gasteiger partial charge in [-0.05, 0) is 0 Å². The Balaban J connectivity index is 2.47. The normalized spacial score (nSPS) is 28.0. The standard InChI is InChI=1S/C17H23N3O11/c1-7(21)27-5-11-12(28-8(2)22)13(29-9(3)23)14(30-10(4)24)15(31-11)20-6-18-16(25)19-17(20)26/h11-15H,5-6H2,1-4H3,(H2,18,19,25,26)/t11-,12+,13+,14-,15-/m1/s1. The van der Waals surface area contributed by atoms with E-state index >= 15 is 0 Å². The predicted molar refractivity (Wildman–Crippen MR) is 95.7 cm³/mol. The van der Waals surface area contributed by atoms with Gasteiger partial charge in [0.2, 0.25) is 0 Å². The van der Waals surface area contributed by atoms with Crippen molar-refractivity contribution in [1.82, 2.24) is 15.5 Å². The summed E-state index contributed by atoms with van der Waals surface area (Å²) in [7, 11) is 0. The molecule has 172 valence electrons. The fourth-order valence-corrected chi connectivity index (χ4v) is 3.10. The Bertz CT molecular complexity index is 770. The average Bonchev–Trinajstić information content (AvgIpc) is 2.63. The molecule has 2 saturated heterocycles. The lowest BCUT2D eigenvalue weighted by Gasteiger charge is -2.48. The number of imide groups is 1. The maximum Gasteiger partial charge on any atom is 0.329 e. The topological polar surface area (TPSA) is 176 Å². The van der Waals surface area contributed by atoms with Crippen LogP contribution in [0.3, 0.4) is 0 Å². The van der Waals surface area contributed by atoms with Gasteiger partial charge in [-0.15, -0.1) is 0 Å². The van der Waals surface area contributed by atoms with E-state index in [1.54, 1.807) is 0 Å². The summed E-state index contributed by atoms with van der Waals surface area (Å²) in [5.74, 6) is -3.06. The molecule has 31 heavy (non-hydrogen) atoms. The number of carbonyl (C=O) groups is 6. The van der Waals surface area contributed by atoms with Crippen LogP contribution in [0.15, 0.2) is 0 Å². The second kappa shape index (κ2) is 10.1. The van der Waals surface area contributed by atoms with Crippen LogP contribution in [0.4, 0.5) is 9.59 Å². The third kappa shape index (κ3) is 6.28. The Morgan fingerprint density at radius 2 is 1.45 bits per heavy atom. The number of hydrogen-bond acceptors (Lipinski definition) is 11. The van der Waals surface area contributed by atoms with E-state index in [0.717, 1.165) is 32.6 Å². The van der Waals surface area contributed by atoms with Gasteiger partial charge in [0, 0.05) is 27.7 Å². The first-order chi connectivity index (χ1) is 14.5. The first kappa shape index (κ1) is 23.9. The van der Waals surface area contributed by atoms with Gasteiger partial charge < -0.3 is 29.0 Å². The zero-order valence-electron chi connectivity index (χ0n) is 17.2. The second-order valence-electron chi connectivity index (χ2n) is 6.65. The van der Waals surface area contributed by atoms with Crippen molar-refractivity contribution in [3.05, 3.63) is 0 Å². The molecule has 0 radical (unpaired) electrons. The Morgan fingerprint density at radius 3 is 1.97 bits per heavy atom. The van der Waals surface area contributed by atoms with Crippen LogP contribution in [0.5, 0.6) is 0 Å². The molecule has 2 N–H and O–H groups in total. The largest absolute Gasteiger partial charge is 0.463 e. The maximum atomic E-state index is 12.4. The van der Waals surface area contributed by atoms with Crippen LogP contribution < -0.4 is 10.6 Å². The number of hydrogen-bond donors (Lipinski definition) is 2. The molecule has 0 spiro atoms. The van der Waals surface area contributed by atoms with Crippen molar-refractivity contribution in [1.29, 1.82) is 0 Å². The van der Waals surface area contributed by atoms with E-state index in [0.29, 0.717) is 0 Å². The lowest BCUT2D eigenvalue weighted by atomic mass is 9.96. The van der Waals surface area contributed by atoms with Gasteiger partial charge in [0.15, 0.2) is 24.5 Å². The summed E-state index contributed by atoms with van der Waals surface area (Å²) in [5, 5.41) is 4.36. The van der Waals surface area contributed by atoms with Crippen molar-refractivity contribution in [2.45, 2.75) is 58.3 Å². The van der Waals surface area contributed by atoms with E-state index in [9.17, 15) is 28.8 Å². The van der Waals surface area contributed by atoms with Crippen LogP contribution in [-0.4, -0.2) is 84.8 Å². The van der Waals surface area contributed by atoms with Gasteiger partial charge in [-0.1, -0.05) is 0 Å². The monoisotopic (exact) mass is 445 g/mol. The molecule has 0 aromatic carbocycles. The number of urea groups is 2. The molecule has 0 bridgehead atoms. The van der Waals surface area contributed by atoms with E-state index in [-0.39, 0.29) is 6.67 Å². The summed E-state index contributed by atoms with van der Waals surface area (Å²) in [6.45, 7) is 3.61. The van der Waals surface area contributed by atoms with E-state index in [2.05, 4.69) is 5.32 Å². The number of nitrogens with zero attached hydrogens (tertiary/aromatic N) is 1. The van der Waals surface area contributed by atoms with Crippen molar-refractivity contribution in [2.75, 3.05) is 13.3 Å². The van der Waals surface area contributed by atoms with Crippen LogP contribution in [0.2, 0.25) is 0 Å². The SMILES string of the molecule is CC(=O)OC[C@H]1O[C@@H](N2CNC(=O)NC2=O)[C@H](OC(C)=O)[C@@H](OC(C)=O)[C@H]1OC(C)=O. The smallest absolute Gasteiger partial charge is 0.329 e.